The van der Waals surface area contributed by atoms with Crippen LogP contribution in [0.1, 0.15) is 6.42 Å². The third kappa shape index (κ3) is 1.78. The van der Waals surface area contributed by atoms with Gasteiger partial charge in [0.1, 0.15) is 0 Å². The second kappa shape index (κ2) is 3.83. The predicted octanol–water partition coefficient (Wildman–Crippen LogP) is 0.157. The lowest BCUT2D eigenvalue weighted by molar-refractivity contribution is 0.119. The first-order valence-corrected chi connectivity index (χ1v) is 2.67. The molecule has 0 aliphatic carbocycles. The molecule has 4 N–H and O–H groups in total. The van der Waals surface area contributed by atoms with Crippen molar-refractivity contribution in [1.29, 1.82) is 0 Å². The predicted molar refractivity (Wildman–Crippen MR) is 33.3 cm³/mol. The SMILES string of the molecule is COC1CCNC1.N. The summed E-state index contributed by atoms with van der Waals surface area (Å²) >= 11 is 0. The van der Waals surface area contributed by atoms with Crippen molar-refractivity contribution < 1.29 is 4.74 Å². The third-order valence-electron chi connectivity index (χ3n) is 1.35. The molecule has 8 heavy (non-hydrogen) atoms. The molecule has 1 unspecified atom stereocenters. The molecular weight excluding hydrogens is 104 g/mol. The van der Waals surface area contributed by atoms with Crippen molar-refractivity contribution in [3.63, 3.8) is 0 Å². The zero-order chi connectivity index (χ0) is 5.11. The van der Waals surface area contributed by atoms with Crippen molar-refractivity contribution in [2.24, 2.45) is 0 Å². The summed E-state index contributed by atoms with van der Waals surface area (Å²) in [5.41, 5.74) is 0. The summed E-state index contributed by atoms with van der Waals surface area (Å²) in [7, 11) is 1.76. The van der Waals surface area contributed by atoms with E-state index in [-0.39, 0.29) is 6.15 Å². The molecule has 0 spiro atoms. The minimum atomic E-state index is 0. The highest BCUT2D eigenvalue weighted by Crippen LogP contribution is 1.99. The van der Waals surface area contributed by atoms with E-state index >= 15 is 0 Å². The summed E-state index contributed by atoms with van der Waals surface area (Å²) in [5.74, 6) is 0. The average Bonchev–Trinajstić information content (AvgIpc) is 2.14. The van der Waals surface area contributed by atoms with Crippen molar-refractivity contribution in [3.8, 4) is 0 Å². The molecule has 1 aliphatic heterocycles. The monoisotopic (exact) mass is 118 g/mol. The number of nitrogens with one attached hydrogen (secondary N) is 1. The summed E-state index contributed by atoms with van der Waals surface area (Å²) in [6.07, 6.45) is 1.66. The zero-order valence-corrected chi connectivity index (χ0v) is 5.31. The van der Waals surface area contributed by atoms with E-state index < -0.39 is 0 Å². The number of hydrogen-bond acceptors (Lipinski definition) is 3. The van der Waals surface area contributed by atoms with Gasteiger partial charge in [0.25, 0.3) is 0 Å². The van der Waals surface area contributed by atoms with E-state index in [0.717, 1.165) is 13.1 Å². The van der Waals surface area contributed by atoms with Crippen LogP contribution in [0.3, 0.4) is 0 Å². The van der Waals surface area contributed by atoms with Gasteiger partial charge in [0.15, 0.2) is 0 Å². The Morgan fingerprint density at radius 1 is 1.62 bits per heavy atom. The van der Waals surface area contributed by atoms with Gasteiger partial charge in [-0.05, 0) is 13.0 Å². The van der Waals surface area contributed by atoms with Crippen LogP contribution in [0.25, 0.3) is 0 Å². The summed E-state index contributed by atoms with van der Waals surface area (Å²) in [6, 6.07) is 0. The van der Waals surface area contributed by atoms with E-state index in [2.05, 4.69) is 5.32 Å². The molecule has 1 saturated heterocycles. The molecule has 0 saturated carbocycles. The molecule has 0 bridgehead atoms. The fourth-order valence-corrected chi connectivity index (χ4v) is 0.829. The molecule has 50 valence electrons. The third-order valence-corrected chi connectivity index (χ3v) is 1.35. The van der Waals surface area contributed by atoms with Crippen molar-refractivity contribution in [3.05, 3.63) is 0 Å². The Hall–Kier alpha value is -0.120. The molecule has 1 fully saturated rings. The van der Waals surface area contributed by atoms with E-state index in [1.165, 1.54) is 6.42 Å². The fraction of sp³-hybridized carbons (Fsp3) is 1.00. The summed E-state index contributed by atoms with van der Waals surface area (Å²) in [4.78, 5) is 0. The zero-order valence-electron chi connectivity index (χ0n) is 5.31. The van der Waals surface area contributed by atoms with Gasteiger partial charge >= 0.3 is 0 Å². The molecule has 0 aromatic rings. The molecule has 3 nitrogen and oxygen atoms in total. The van der Waals surface area contributed by atoms with Crippen LogP contribution < -0.4 is 11.5 Å². The Bertz CT molecular complexity index is 52.4. The first kappa shape index (κ1) is 7.88. The van der Waals surface area contributed by atoms with Gasteiger partial charge in [0.05, 0.1) is 6.10 Å². The maximum Gasteiger partial charge on any atom is 0.0707 e. The maximum absolute atomic E-state index is 5.05. The van der Waals surface area contributed by atoms with Crippen LogP contribution >= 0.6 is 0 Å². The van der Waals surface area contributed by atoms with Crippen LogP contribution in [0.4, 0.5) is 0 Å². The first-order valence-electron chi connectivity index (χ1n) is 2.67. The van der Waals surface area contributed by atoms with E-state index in [9.17, 15) is 0 Å². The van der Waals surface area contributed by atoms with Gasteiger partial charge in [0, 0.05) is 13.7 Å². The number of methoxy groups -OCH3 is 1. The molecule has 0 aromatic heterocycles. The summed E-state index contributed by atoms with van der Waals surface area (Å²) in [5, 5.41) is 3.20. The Balaban J connectivity index is 0.000000490. The minimum absolute atomic E-state index is 0. The largest absolute Gasteiger partial charge is 0.380 e. The Morgan fingerprint density at radius 2 is 2.38 bits per heavy atom. The van der Waals surface area contributed by atoms with Gasteiger partial charge in [-0.1, -0.05) is 0 Å². The highest BCUT2D eigenvalue weighted by Gasteiger charge is 2.11. The van der Waals surface area contributed by atoms with Gasteiger partial charge < -0.3 is 16.2 Å². The summed E-state index contributed by atoms with van der Waals surface area (Å²) in [6.45, 7) is 2.16. The molecular formula is C5H14N2O. The molecule has 1 aliphatic rings. The number of ether oxygens (including phenoxy) is 1. The number of hydrogen-bond donors (Lipinski definition) is 2. The number of rotatable bonds is 1. The van der Waals surface area contributed by atoms with E-state index in [4.69, 9.17) is 4.74 Å². The van der Waals surface area contributed by atoms with Crippen LogP contribution in [-0.4, -0.2) is 26.3 Å². The first-order chi connectivity index (χ1) is 3.43. The van der Waals surface area contributed by atoms with Crippen LogP contribution in [0.5, 0.6) is 0 Å². The highest BCUT2D eigenvalue weighted by atomic mass is 16.5. The molecule has 1 rings (SSSR count). The van der Waals surface area contributed by atoms with Crippen LogP contribution in [0.2, 0.25) is 0 Å². The average molecular weight is 118 g/mol. The van der Waals surface area contributed by atoms with Crippen molar-refractivity contribution in [2.45, 2.75) is 12.5 Å². The molecule has 3 heteroatoms. The fourth-order valence-electron chi connectivity index (χ4n) is 0.829. The van der Waals surface area contributed by atoms with Gasteiger partial charge in [-0.15, -0.1) is 0 Å². The molecule has 0 radical (unpaired) electrons. The van der Waals surface area contributed by atoms with Gasteiger partial charge in [-0.3, -0.25) is 0 Å². The Labute approximate surface area is 50.0 Å². The van der Waals surface area contributed by atoms with Gasteiger partial charge in [-0.25, -0.2) is 0 Å². The molecule has 1 atom stereocenters. The van der Waals surface area contributed by atoms with Crippen molar-refractivity contribution in [2.75, 3.05) is 20.2 Å². The quantitative estimate of drug-likeness (QED) is 0.515. The van der Waals surface area contributed by atoms with Gasteiger partial charge in [-0.2, -0.15) is 0 Å². The molecule has 1 heterocycles. The van der Waals surface area contributed by atoms with Crippen LogP contribution in [0.15, 0.2) is 0 Å². The summed E-state index contributed by atoms with van der Waals surface area (Å²) < 4.78 is 5.05. The Morgan fingerprint density at radius 3 is 2.62 bits per heavy atom. The van der Waals surface area contributed by atoms with Crippen LogP contribution in [-0.2, 0) is 4.74 Å². The Kier molecular flexibility index (Phi) is 3.77. The standard InChI is InChI=1S/C5H11NO.H3N/c1-7-5-2-3-6-4-5;/h5-6H,2-4H2,1H3;1H3. The topological polar surface area (TPSA) is 56.3 Å². The van der Waals surface area contributed by atoms with E-state index in [1.807, 2.05) is 0 Å². The van der Waals surface area contributed by atoms with Crippen molar-refractivity contribution in [1.82, 2.24) is 11.5 Å². The second-order valence-corrected chi connectivity index (χ2v) is 1.85. The molecule has 0 amide bonds. The maximum atomic E-state index is 5.05. The smallest absolute Gasteiger partial charge is 0.0707 e. The normalized spacial score (nSPS) is 27.4. The second-order valence-electron chi connectivity index (χ2n) is 1.85. The lowest BCUT2D eigenvalue weighted by Gasteiger charge is -2.01. The molecule has 0 aromatic carbocycles. The lowest BCUT2D eigenvalue weighted by atomic mass is 10.3. The van der Waals surface area contributed by atoms with Gasteiger partial charge in [0.2, 0.25) is 0 Å². The lowest BCUT2D eigenvalue weighted by Crippen LogP contribution is -2.14. The highest BCUT2D eigenvalue weighted by molar-refractivity contribution is 4.69. The van der Waals surface area contributed by atoms with E-state index in [1.54, 1.807) is 7.11 Å². The van der Waals surface area contributed by atoms with E-state index in [0.29, 0.717) is 6.10 Å². The van der Waals surface area contributed by atoms with Crippen molar-refractivity contribution >= 4 is 0 Å². The minimum Gasteiger partial charge on any atom is -0.380 e. The van der Waals surface area contributed by atoms with Crippen LogP contribution in [0, 0.1) is 0 Å².